The molecule has 0 saturated carbocycles. The van der Waals surface area contributed by atoms with E-state index in [1.807, 2.05) is 31.2 Å². The lowest BCUT2D eigenvalue weighted by atomic mass is 10.1. The molecule has 0 fully saturated rings. The van der Waals surface area contributed by atoms with Crippen LogP contribution in [0.1, 0.15) is 21.6 Å². The van der Waals surface area contributed by atoms with Gasteiger partial charge in [-0.3, -0.25) is 9.59 Å². The maximum atomic E-state index is 12.5. The summed E-state index contributed by atoms with van der Waals surface area (Å²) in [5.74, 6) is -0.294. The van der Waals surface area contributed by atoms with Crippen LogP contribution in [0.3, 0.4) is 0 Å². The van der Waals surface area contributed by atoms with Crippen LogP contribution < -0.4 is 10.9 Å². The topological polar surface area (TPSA) is 64.0 Å². The van der Waals surface area contributed by atoms with Gasteiger partial charge in [0.05, 0.1) is 5.39 Å². The molecule has 1 heterocycles. The van der Waals surface area contributed by atoms with Crippen LogP contribution in [0.5, 0.6) is 0 Å². The predicted molar refractivity (Wildman–Crippen MR) is 89.3 cm³/mol. The van der Waals surface area contributed by atoms with Crippen LogP contribution in [0.2, 0.25) is 0 Å². The van der Waals surface area contributed by atoms with Crippen LogP contribution in [0, 0.1) is 6.92 Å². The number of carbonyl (C=O) groups is 1. The third-order valence-electron chi connectivity index (χ3n) is 3.75. The summed E-state index contributed by atoms with van der Waals surface area (Å²) in [6.07, 6.45) is 0. The van der Waals surface area contributed by atoms with E-state index in [1.165, 1.54) is 10.2 Å². The van der Waals surface area contributed by atoms with E-state index in [2.05, 4.69) is 10.4 Å². The standard InChI is InChI=1S/C18H17N3O2/c1-12-7-9-13(10-8-12)11-19-17(22)16-14-5-3-4-6-15(14)18(23)21(2)20-16/h3-10H,11H2,1-2H3,(H,19,22). The highest BCUT2D eigenvalue weighted by molar-refractivity contribution is 6.04. The van der Waals surface area contributed by atoms with Gasteiger partial charge in [0.1, 0.15) is 0 Å². The molecule has 1 N–H and O–H groups in total. The fourth-order valence-electron chi connectivity index (χ4n) is 2.44. The van der Waals surface area contributed by atoms with Gasteiger partial charge < -0.3 is 5.32 Å². The number of benzene rings is 2. The van der Waals surface area contributed by atoms with Gasteiger partial charge in [0, 0.05) is 19.0 Å². The number of nitrogens with zero attached hydrogens (tertiary/aromatic N) is 2. The van der Waals surface area contributed by atoms with Crippen LogP contribution >= 0.6 is 0 Å². The molecule has 0 aliphatic rings. The Hall–Kier alpha value is -2.95. The van der Waals surface area contributed by atoms with Crippen molar-refractivity contribution >= 4 is 16.7 Å². The Labute approximate surface area is 133 Å². The molecule has 116 valence electrons. The summed E-state index contributed by atoms with van der Waals surface area (Å²) in [4.78, 5) is 24.6. The van der Waals surface area contributed by atoms with E-state index in [4.69, 9.17) is 0 Å². The molecule has 0 spiro atoms. The number of aromatic nitrogens is 2. The normalized spacial score (nSPS) is 10.7. The largest absolute Gasteiger partial charge is 0.347 e. The van der Waals surface area contributed by atoms with E-state index in [9.17, 15) is 9.59 Å². The number of hydrogen-bond acceptors (Lipinski definition) is 3. The SMILES string of the molecule is Cc1ccc(CNC(=O)c2nn(C)c(=O)c3ccccc23)cc1. The first-order valence-electron chi connectivity index (χ1n) is 7.36. The van der Waals surface area contributed by atoms with Crippen molar-refractivity contribution in [2.75, 3.05) is 0 Å². The maximum Gasteiger partial charge on any atom is 0.274 e. The first-order chi connectivity index (χ1) is 11.1. The Bertz CT molecular complexity index is 927. The maximum absolute atomic E-state index is 12.5. The monoisotopic (exact) mass is 307 g/mol. The van der Waals surface area contributed by atoms with Gasteiger partial charge in [-0.05, 0) is 18.6 Å². The van der Waals surface area contributed by atoms with Crippen LogP contribution in [-0.4, -0.2) is 15.7 Å². The Kier molecular flexibility index (Phi) is 3.93. The minimum Gasteiger partial charge on any atom is -0.347 e. The van der Waals surface area contributed by atoms with E-state index < -0.39 is 0 Å². The van der Waals surface area contributed by atoms with E-state index in [-0.39, 0.29) is 17.2 Å². The number of amides is 1. The molecule has 1 aromatic heterocycles. The van der Waals surface area contributed by atoms with Crippen LogP contribution in [0.15, 0.2) is 53.3 Å². The number of fused-ring (bicyclic) bond motifs is 1. The van der Waals surface area contributed by atoms with Gasteiger partial charge in [0.25, 0.3) is 11.5 Å². The summed E-state index contributed by atoms with van der Waals surface area (Å²) in [7, 11) is 1.55. The van der Waals surface area contributed by atoms with Gasteiger partial charge >= 0.3 is 0 Å². The first-order valence-corrected chi connectivity index (χ1v) is 7.36. The molecule has 0 aliphatic heterocycles. The smallest absolute Gasteiger partial charge is 0.274 e. The highest BCUT2D eigenvalue weighted by atomic mass is 16.2. The summed E-state index contributed by atoms with van der Waals surface area (Å²) in [5.41, 5.74) is 2.23. The summed E-state index contributed by atoms with van der Waals surface area (Å²) in [6.45, 7) is 2.43. The highest BCUT2D eigenvalue weighted by Crippen LogP contribution is 2.13. The molecule has 0 bridgehead atoms. The lowest BCUT2D eigenvalue weighted by Gasteiger charge is -2.09. The third-order valence-corrected chi connectivity index (χ3v) is 3.75. The summed E-state index contributed by atoms with van der Waals surface area (Å²) < 4.78 is 1.20. The lowest BCUT2D eigenvalue weighted by molar-refractivity contribution is 0.0945. The van der Waals surface area contributed by atoms with Crippen molar-refractivity contribution in [1.29, 1.82) is 0 Å². The van der Waals surface area contributed by atoms with Gasteiger partial charge in [-0.15, -0.1) is 0 Å². The average Bonchev–Trinajstić information content (AvgIpc) is 2.57. The van der Waals surface area contributed by atoms with Gasteiger partial charge in [0.2, 0.25) is 0 Å². The molecule has 3 rings (SSSR count). The predicted octanol–water partition coefficient (Wildman–Crippen LogP) is 2.17. The number of carbonyl (C=O) groups excluding carboxylic acids is 1. The number of hydrogen-bond donors (Lipinski definition) is 1. The molecule has 3 aromatic rings. The van der Waals surface area contributed by atoms with Crippen molar-refractivity contribution in [3.05, 3.63) is 75.7 Å². The van der Waals surface area contributed by atoms with E-state index >= 15 is 0 Å². The molecule has 23 heavy (non-hydrogen) atoms. The van der Waals surface area contributed by atoms with Crippen LogP contribution in [-0.2, 0) is 13.6 Å². The van der Waals surface area contributed by atoms with Gasteiger partial charge in [-0.1, -0.05) is 48.0 Å². The molecular formula is C18H17N3O2. The van der Waals surface area contributed by atoms with E-state index in [0.29, 0.717) is 17.3 Å². The zero-order chi connectivity index (χ0) is 16.4. The zero-order valence-corrected chi connectivity index (χ0v) is 13.0. The molecular weight excluding hydrogens is 290 g/mol. The molecule has 0 saturated heterocycles. The Balaban J connectivity index is 1.90. The van der Waals surface area contributed by atoms with Crippen LogP contribution in [0.25, 0.3) is 10.8 Å². The number of aryl methyl sites for hydroxylation is 2. The van der Waals surface area contributed by atoms with E-state index in [1.54, 1.807) is 31.3 Å². The molecule has 5 nitrogen and oxygen atoms in total. The van der Waals surface area contributed by atoms with Crippen LogP contribution in [0.4, 0.5) is 0 Å². The van der Waals surface area contributed by atoms with E-state index in [0.717, 1.165) is 5.56 Å². The average molecular weight is 307 g/mol. The van der Waals surface area contributed by atoms with Crippen molar-refractivity contribution < 1.29 is 4.79 Å². The molecule has 2 aromatic carbocycles. The Morgan fingerprint density at radius 3 is 2.43 bits per heavy atom. The second-order valence-electron chi connectivity index (χ2n) is 5.49. The summed E-state index contributed by atoms with van der Waals surface area (Å²) in [6, 6.07) is 15.0. The Morgan fingerprint density at radius 1 is 1.09 bits per heavy atom. The fraction of sp³-hybridized carbons (Fsp3) is 0.167. The summed E-state index contributed by atoms with van der Waals surface area (Å²) >= 11 is 0. The van der Waals surface area contributed by atoms with Gasteiger partial charge in [0.15, 0.2) is 5.69 Å². The number of rotatable bonds is 3. The molecule has 0 atom stereocenters. The van der Waals surface area contributed by atoms with Crippen molar-refractivity contribution in [2.24, 2.45) is 7.05 Å². The van der Waals surface area contributed by atoms with Crippen molar-refractivity contribution in [3.8, 4) is 0 Å². The molecule has 0 aliphatic carbocycles. The number of nitrogens with one attached hydrogen (secondary N) is 1. The third kappa shape index (κ3) is 2.99. The van der Waals surface area contributed by atoms with Gasteiger partial charge in [-0.25, -0.2) is 4.68 Å². The molecule has 0 radical (unpaired) electrons. The molecule has 5 heteroatoms. The molecule has 0 unspecified atom stereocenters. The lowest BCUT2D eigenvalue weighted by Crippen LogP contribution is -2.29. The minimum atomic E-state index is -0.294. The fourth-order valence-corrected chi connectivity index (χ4v) is 2.44. The van der Waals surface area contributed by atoms with Gasteiger partial charge in [-0.2, -0.15) is 5.10 Å². The second-order valence-corrected chi connectivity index (χ2v) is 5.49. The quantitative estimate of drug-likeness (QED) is 0.806. The summed E-state index contributed by atoms with van der Waals surface area (Å²) in [5, 5.41) is 8.03. The highest BCUT2D eigenvalue weighted by Gasteiger charge is 2.15. The van der Waals surface area contributed by atoms with Crippen molar-refractivity contribution in [2.45, 2.75) is 13.5 Å². The second kappa shape index (κ2) is 6.04. The van der Waals surface area contributed by atoms with Crippen molar-refractivity contribution in [3.63, 3.8) is 0 Å². The first kappa shape index (κ1) is 15.0. The molecule has 1 amide bonds. The van der Waals surface area contributed by atoms with Crippen molar-refractivity contribution in [1.82, 2.24) is 15.1 Å². The Morgan fingerprint density at radius 2 is 1.74 bits per heavy atom. The minimum absolute atomic E-state index is 0.212. The zero-order valence-electron chi connectivity index (χ0n) is 13.0.